The van der Waals surface area contributed by atoms with Crippen molar-refractivity contribution < 1.29 is 0 Å². The van der Waals surface area contributed by atoms with Gasteiger partial charge < -0.3 is 11.1 Å². The summed E-state index contributed by atoms with van der Waals surface area (Å²) in [6.45, 7) is 1.94. The van der Waals surface area contributed by atoms with Gasteiger partial charge in [-0.05, 0) is 30.7 Å². The highest BCUT2D eigenvalue weighted by Crippen LogP contribution is 2.41. The van der Waals surface area contributed by atoms with Gasteiger partial charge in [0.2, 0.25) is 0 Å². The molecule has 3 N–H and O–H groups in total. The van der Waals surface area contributed by atoms with Gasteiger partial charge in [0, 0.05) is 17.8 Å². The number of nitrogen functional groups attached to an aromatic ring is 1. The molecule has 0 unspecified atom stereocenters. The summed E-state index contributed by atoms with van der Waals surface area (Å²) in [6.07, 6.45) is 3.07. The molecule has 4 rings (SSSR count). The SMILES string of the molecule is Cc1cc(Cl)c(-c2nc3ccnc(Nc4cc(N)ncn4)c3s2)c(Cl)c1. The number of hydrogen-bond donors (Lipinski definition) is 2. The standard InChI is InChI=1S/C17H12Cl2N6S/c1-8-4-9(18)14(10(19)5-8)17-24-11-2-3-21-16(15(11)26-17)25-13-6-12(20)22-7-23-13/h2-7H,1H3,(H3,20,21,22,23,25). The maximum Gasteiger partial charge on any atom is 0.151 e. The van der Waals surface area contributed by atoms with Gasteiger partial charge in [0.25, 0.3) is 0 Å². The number of nitrogens with one attached hydrogen (secondary N) is 1. The van der Waals surface area contributed by atoms with Crippen LogP contribution in [0.3, 0.4) is 0 Å². The summed E-state index contributed by atoms with van der Waals surface area (Å²) < 4.78 is 0.868. The van der Waals surface area contributed by atoms with Crippen LogP contribution in [0.4, 0.5) is 17.5 Å². The van der Waals surface area contributed by atoms with Crippen molar-refractivity contribution >= 4 is 62.2 Å². The van der Waals surface area contributed by atoms with E-state index in [-0.39, 0.29) is 0 Å². The maximum atomic E-state index is 6.40. The van der Waals surface area contributed by atoms with Crippen LogP contribution < -0.4 is 11.1 Å². The number of aromatic nitrogens is 4. The number of thiazole rings is 1. The molecule has 0 spiro atoms. The molecule has 0 atom stereocenters. The maximum absolute atomic E-state index is 6.40. The van der Waals surface area contributed by atoms with E-state index in [4.69, 9.17) is 28.9 Å². The molecular weight excluding hydrogens is 391 g/mol. The van der Waals surface area contributed by atoms with E-state index in [9.17, 15) is 0 Å². The van der Waals surface area contributed by atoms with E-state index in [1.807, 2.05) is 25.1 Å². The van der Waals surface area contributed by atoms with E-state index in [1.165, 1.54) is 17.7 Å². The van der Waals surface area contributed by atoms with Gasteiger partial charge in [-0.15, -0.1) is 11.3 Å². The largest absolute Gasteiger partial charge is 0.384 e. The minimum absolute atomic E-state index is 0.373. The smallest absolute Gasteiger partial charge is 0.151 e. The lowest BCUT2D eigenvalue weighted by molar-refractivity contribution is 1.17. The highest BCUT2D eigenvalue weighted by atomic mass is 35.5. The van der Waals surface area contributed by atoms with Crippen molar-refractivity contribution in [1.82, 2.24) is 19.9 Å². The molecule has 0 amide bonds. The van der Waals surface area contributed by atoms with E-state index >= 15 is 0 Å². The Morgan fingerprint density at radius 1 is 1.08 bits per heavy atom. The molecule has 4 aromatic rings. The lowest BCUT2D eigenvalue weighted by Gasteiger charge is -2.05. The lowest BCUT2D eigenvalue weighted by Crippen LogP contribution is -1.98. The first kappa shape index (κ1) is 17.0. The number of anilines is 3. The number of aryl methyl sites for hydroxylation is 1. The summed E-state index contributed by atoms with van der Waals surface area (Å²) in [5.41, 5.74) is 8.20. The minimum Gasteiger partial charge on any atom is -0.384 e. The van der Waals surface area contributed by atoms with E-state index in [2.05, 4.69) is 25.3 Å². The van der Waals surface area contributed by atoms with Crippen molar-refractivity contribution in [2.45, 2.75) is 6.92 Å². The number of rotatable bonds is 3. The Morgan fingerprint density at radius 3 is 2.58 bits per heavy atom. The van der Waals surface area contributed by atoms with Gasteiger partial charge in [0.15, 0.2) is 5.82 Å². The number of nitrogens with two attached hydrogens (primary N) is 1. The van der Waals surface area contributed by atoms with E-state index in [0.29, 0.717) is 27.5 Å². The monoisotopic (exact) mass is 402 g/mol. The van der Waals surface area contributed by atoms with E-state index in [0.717, 1.165) is 26.4 Å². The normalized spacial score (nSPS) is 11.0. The Kier molecular flexibility index (Phi) is 4.36. The zero-order valence-corrected chi connectivity index (χ0v) is 15.8. The summed E-state index contributed by atoms with van der Waals surface area (Å²) in [5, 5.41) is 5.02. The first-order valence-electron chi connectivity index (χ1n) is 7.57. The summed E-state index contributed by atoms with van der Waals surface area (Å²) >= 11 is 14.3. The third-order valence-corrected chi connectivity index (χ3v) is 5.33. The van der Waals surface area contributed by atoms with Gasteiger partial charge in [0.05, 0.1) is 20.3 Å². The van der Waals surface area contributed by atoms with Crippen LogP contribution in [-0.2, 0) is 0 Å². The first-order chi connectivity index (χ1) is 12.5. The summed E-state index contributed by atoms with van der Waals surface area (Å²) in [6, 6.07) is 7.22. The Hall–Kier alpha value is -2.48. The summed E-state index contributed by atoms with van der Waals surface area (Å²) in [4.78, 5) is 17.1. The molecule has 0 aliphatic carbocycles. The predicted molar refractivity (Wildman–Crippen MR) is 107 cm³/mol. The Morgan fingerprint density at radius 2 is 1.85 bits per heavy atom. The fourth-order valence-electron chi connectivity index (χ4n) is 2.52. The minimum atomic E-state index is 0.373. The third-order valence-electron chi connectivity index (χ3n) is 3.64. The van der Waals surface area contributed by atoms with Crippen LogP contribution in [-0.4, -0.2) is 19.9 Å². The summed E-state index contributed by atoms with van der Waals surface area (Å²) in [5.74, 6) is 1.56. The van der Waals surface area contributed by atoms with E-state index in [1.54, 1.807) is 12.3 Å². The molecular formula is C17H12Cl2N6S. The molecule has 0 saturated carbocycles. The highest BCUT2D eigenvalue weighted by Gasteiger charge is 2.16. The topological polar surface area (TPSA) is 89.6 Å². The van der Waals surface area contributed by atoms with Gasteiger partial charge in [0.1, 0.15) is 23.0 Å². The Bertz CT molecular complexity index is 1100. The molecule has 0 aliphatic rings. The number of benzene rings is 1. The average Bonchev–Trinajstić information content (AvgIpc) is 2.98. The summed E-state index contributed by atoms with van der Waals surface area (Å²) in [7, 11) is 0. The zero-order chi connectivity index (χ0) is 18.3. The average molecular weight is 403 g/mol. The molecule has 3 aromatic heterocycles. The molecule has 0 radical (unpaired) electrons. The van der Waals surface area contributed by atoms with E-state index < -0.39 is 0 Å². The molecule has 9 heteroatoms. The van der Waals surface area contributed by atoms with Crippen LogP contribution in [0.15, 0.2) is 36.8 Å². The van der Waals surface area contributed by atoms with Crippen LogP contribution in [0.5, 0.6) is 0 Å². The second-order valence-electron chi connectivity index (χ2n) is 5.58. The number of halogens is 2. The molecule has 0 fully saturated rings. The van der Waals surface area contributed by atoms with Crippen LogP contribution in [0.1, 0.15) is 5.56 Å². The highest BCUT2D eigenvalue weighted by molar-refractivity contribution is 7.22. The molecule has 0 saturated heterocycles. The van der Waals surface area contributed by atoms with Crippen LogP contribution in [0.25, 0.3) is 20.8 Å². The molecule has 0 aliphatic heterocycles. The fraction of sp³-hybridized carbons (Fsp3) is 0.0588. The van der Waals surface area contributed by atoms with Crippen molar-refractivity contribution in [2.24, 2.45) is 0 Å². The van der Waals surface area contributed by atoms with Crippen LogP contribution in [0.2, 0.25) is 10.0 Å². The van der Waals surface area contributed by atoms with Gasteiger partial charge in [-0.3, -0.25) is 0 Å². The molecule has 6 nitrogen and oxygen atoms in total. The number of hydrogen-bond acceptors (Lipinski definition) is 7. The molecule has 26 heavy (non-hydrogen) atoms. The Balaban J connectivity index is 1.81. The quantitative estimate of drug-likeness (QED) is 0.495. The number of nitrogens with zero attached hydrogens (tertiary/aromatic N) is 4. The number of fused-ring (bicyclic) bond motifs is 1. The van der Waals surface area contributed by atoms with Gasteiger partial charge >= 0.3 is 0 Å². The second kappa shape index (κ2) is 6.68. The third kappa shape index (κ3) is 3.16. The molecule has 1 aromatic carbocycles. The van der Waals surface area contributed by atoms with Crippen molar-refractivity contribution in [2.75, 3.05) is 11.1 Å². The van der Waals surface area contributed by atoms with Crippen molar-refractivity contribution in [3.8, 4) is 10.6 Å². The van der Waals surface area contributed by atoms with Gasteiger partial charge in [-0.1, -0.05) is 23.2 Å². The predicted octanol–water partition coefficient (Wildman–Crippen LogP) is 5.09. The van der Waals surface area contributed by atoms with Crippen molar-refractivity contribution in [1.29, 1.82) is 0 Å². The molecule has 3 heterocycles. The fourth-order valence-corrected chi connectivity index (χ4v) is 4.48. The lowest BCUT2D eigenvalue weighted by atomic mass is 10.1. The number of pyridine rings is 1. The van der Waals surface area contributed by atoms with Crippen molar-refractivity contribution in [3.63, 3.8) is 0 Å². The van der Waals surface area contributed by atoms with Gasteiger partial charge in [-0.2, -0.15) is 0 Å². The van der Waals surface area contributed by atoms with Gasteiger partial charge in [-0.25, -0.2) is 19.9 Å². The van der Waals surface area contributed by atoms with Crippen LogP contribution >= 0.6 is 34.5 Å². The second-order valence-corrected chi connectivity index (χ2v) is 7.40. The molecule has 130 valence electrons. The van der Waals surface area contributed by atoms with Crippen molar-refractivity contribution in [3.05, 3.63) is 52.4 Å². The first-order valence-corrected chi connectivity index (χ1v) is 9.14. The Labute approximate surface area is 163 Å². The molecule has 0 bridgehead atoms. The van der Waals surface area contributed by atoms with Crippen LogP contribution in [0, 0.1) is 6.92 Å². The zero-order valence-electron chi connectivity index (χ0n) is 13.5.